The molecule has 5 aromatic rings. The van der Waals surface area contributed by atoms with Crippen LogP contribution in [0, 0.1) is 11.8 Å². The van der Waals surface area contributed by atoms with Crippen molar-refractivity contribution in [2.75, 3.05) is 27.4 Å². The minimum absolute atomic E-state index is 0.0319. The molecule has 0 aliphatic carbocycles. The van der Waals surface area contributed by atoms with Crippen LogP contribution >= 0.6 is 0 Å². The highest BCUT2D eigenvalue weighted by Gasteiger charge is 2.44. The van der Waals surface area contributed by atoms with Crippen molar-refractivity contribution in [1.29, 1.82) is 0 Å². The zero-order valence-corrected chi connectivity index (χ0v) is 36.6. The van der Waals surface area contributed by atoms with Gasteiger partial charge in [-0.1, -0.05) is 32.0 Å². The van der Waals surface area contributed by atoms with Crippen molar-refractivity contribution < 1.29 is 38.5 Å². The van der Waals surface area contributed by atoms with E-state index in [9.17, 15) is 24.3 Å². The molecular formula is C47H56N8O8. The second kappa shape index (κ2) is 16.8. The zero-order chi connectivity index (χ0) is 44.3. The molecule has 0 saturated carbocycles. The maximum absolute atomic E-state index is 14.3. The van der Waals surface area contributed by atoms with Crippen molar-refractivity contribution >= 4 is 45.8 Å². The Morgan fingerprint density at radius 1 is 0.889 bits per heavy atom. The first-order valence-corrected chi connectivity index (χ1v) is 22.1. The lowest BCUT2D eigenvalue weighted by Gasteiger charge is -2.36. The molecule has 63 heavy (non-hydrogen) atoms. The van der Waals surface area contributed by atoms with Crippen molar-refractivity contribution in [3.8, 4) is 28.1 Å². The van der Waals surface area contributed by atoms with E-state index in [4.69, 9.17) is 24.2 Å². The van der Waals surface area contributed by atoms with Crippen molar-refractivity contribution in [3.63, 3.8) is 0 Å². The summed E-state index contributed by atoms with van der Waals surface area (Å²) in [6.07, 6.45) is 4.48. The molecule has 3 aromatic carbocycles. The van der Waals surface area contributed by atoms with Crippen LogP contribution in [0.4, 0.5) is 9.59 Å². The van der Waals surface area contributed by atoms with Crippen molar-refractivity contribution in [1.82, 2.24) is 40.0 Å². The molecule has 0 bridgehead atoms. The largest absolute Gasteiger partial charge is 0.488 e. The number of hydrogen-bond donors (Lipinski definition) is 4. The van der Waals surface area contributed by atoms with E-state index >= 15 is 0 Å². The van der Waals surface area contributed by atoms with Crippen molar-refractivity contribution in [2.45, 2.75) is 109 Å². The van der Waals surface area contributed by atoms with Gasteiger partial charge in [0.2, 0.25) is 11.8 Å². The minimum Gasteiger partial charge on any atom is -0.488 e. The third-order valence-electron chi connectivity index (χ3n) is 13.8. The first-order chi connectivity index (χ1) is 30.3. The molecule has 2 aromatic heterocycles. The summed E-state index contributed by atoms with van der Waals surface area (Å²) in [6.45, 7) is 9.26. The molecule has 0 radical (unpaired) electrons. The van der Waals surface area contributed by atoms with Gasteiger partial charge in [-0.3, -0.25) is 14.5 Å². The van der Waals surface area contributed by atoms with Gasteiger partial charge in [0.15, 0.2) is 0 Å². The number of hydrogen-bond acceptors (Lipinski definition) is 9. The van der Waals surface area contributed by atoms with E-state index in [-0.39, 0.29) is 47.8 Å². The number of carbonyl (C=O) groups excluding carboxylic acids is 3. The number of fused-ring (bicyclic) bond motifs is 6. The molecule has 4 aliphatic heterocycles. The second-order valence-electron chi connectivity index (χ2n) is 18.0. The predicted molar refractivity (Wildman–Crippen MR) is 235 cm³/mol. The van der Waals surface area contributed by atoms with Crippen LogP contribution in [0.25, 0.3) is 44.2 Å². The monoisotopic (exact) mass is 860 g/mol. The van der Waals surface area contributed by atoms with Gasteiger partial charge in [0.25, 0.3) is 0 Å². The van der Waals surface area contributed by atoms with Gasteiger partial charge in [-0.2, -0.15) is 0 Å². The van der Waals surface area contributed by atoms with Crippen LogP contribution in [0.3, 0.4) is 0 Å². The molecule has 332 valence electrons. The molecule has 0 spiro atoms. The number of aromatic amines is 2. The lowest BCUT2D eigenvalue weighted by atomic mass is 9.90. The summed E-state index contributed by atoms with van der Waals surface area (Å²) in [6, 6.07) is 12.4. The van der Waals surface area contributed by atoms with Gasteiger partial charge < -0.3 is 44.4 Å². The number of ether oxygens (including phenoxy) is 3. The zero-order valence-electron chi connectivity index (χ0n) is 36.6. The maximum Gasteiger partial charge on any atom is 0.407 e. The van der Waals surface area contributed by atoms with Gasteiger partial charge >= 0.3 is 12.2 Å². The average Bonchev–Trinajstić information content (AvgIpc) is 4.10. The lowest BCUT2D eigenvalue weighted by Crippen LogP contribution is -2.54. The van der Waals surface area contributed by atoms with Crippen LogP contribution in [0.15, 0.2) is 48.7 Å². The number of aromatic nitrogens is 4. The summed E-state index contributed by atoms with van der Waals surface area (Å²) in [7, 11) is 2.76. The van der Waals surface area contributed by atoms with Crippen molar-refractivity contribution in [3.05, 3.63) is 65.9 Å². The third kappa shape index (κ3) is 7.61. The SMILES string of the molecule is COC(=O)N[C@H](C(=O)N1[C@@H](C)CC[C@H]1c1ncc(-c2ccc3c(c2)COc2cc4c(ccc5nc([C@@H]6CC[C@H](C)N6C(=O)C(C(C)C)N(C)C(=O)O)[nH]c54)cc2-3)[nH]1)C1CCOCC1. The van der Waals surface area contributed by atoms with Gasteiger partial charge in [0, 0.05) is 43.3 Å². The van der Waals surface area contributed by atoms with E-state index in [2.05, 4.69) is 51.7 Å². The molecule has 4 aliphatic rings. The summed E-state index contributed by atoms with van der Waals surface area (Å²) in [5, 5.41) is 14.6. The Hall–Kier alpha value is -6.16. The van der Waals surface area contributed by atoms with Gasteiger partial charge in [-0.05, 0) is 111 Å². The molecule has 3 fully saturated rings. The van der Waals surface area contributed by atoms with Crippen LogP contribution in [0.2, 0.25) is 0 Å². The number of alkyl carbamates (subject to hydrolysis) is 1. The summed E-state index contributed by atoms with van der Waals surface area (Å²) in [5.41, 5.74) is 6.52. The third-order valence-corrected chi connectivity index (χ3v) is 13.8. The molecule has 16 heteroatoms. The molecule has 6 heterocycles. The lowest BCUT2D eigenvalue weighted by molar-refractivity contribution is -0.140. The maximum atomic E-state index is 14.3. The van der Waals surface area contributed by atoms with Crippen molar-refractivity contribution in [2.24, 2.45) is 11.8 Å². The standard InChI is InChI=1S/C47H56N8O8/c1-24(2)41(53(5)47(59)60)45(57)55-26(4)8-14-37(55)43-49-34-12-10-28-20-33-31-11-9-29(19-30(31)23-63-38(33)21-32(28)40(34)51-43)35-22-48-42(50-35)36-13-7-25(3)54(36)44(56)39(52-46(58)61-6)27-15-17-62-18-16-27/h9-12,19-22,24-27,36-37,39,41H,7-8,13-18,23H2,1-6H3,(H,48,50)(H,49,51)(H,52,58)(H,59,60)/t25-,26-,36-,37-,39-,41?/m0/s1. The highest BCUT2D eigenvalue weighted by atomic mass is 16.5. The number of methoxy groups -OCH3 is 1. The Kier molecular flexibility index (Phi) is 11.3. The molecule has 3 saturated heterocycles. The fraction of sp³-hybridized carbons (Fsp3) is 0.489. The number of H-pyrrole nitrogens is 2. The first-order valence-electron chi connectivity index (χ1n) is 22.1. The number of likely N-dealkylation sites (tertiary alicyclic amines) is 2. The predicted octanol–water partition coefficient (Wildman–Crippen LogP) is 7.56. The fourth-order valence-corrected chi connectivity index (χ4v) is 10.5. The molecule has 4 N–H and O–H groups in total. The molecule has 1 unspecified atom stereocenters. The number of carboxylic acid groups (broad SMARTS) is 1. The van der Waals surface area contributed by atoms with Gasteiger partial charge in [0.05, 0.1) is 42.1 Å². The van der Waals surface area contributed by atoms with Gasteiger partial charge in [0.1, 0.15) is 36.1 Å². The molecular weight excluding hydrogens is 805 g/mol. The first kappa shape index (κ1) is 42.2. The Balaban J connectivity index is 0.965. The second-order valence-corrected chi connectivity index (χ2v) is 18.0. The van der Waals surface area contributed by atoms with E-state index in [0.29, 0.717) is 44.3 Å². The number of amides is 4. The fourth-order valence-electron chi connectivity index (χ4n) is 10.5. The van der Waals surface area contributed by atoms with Crippen LogP contribution in [0.5, 0.6) is 5.75 Å². The number of likely N-dealkylation sites (N-methyl/N-ethyl adjacent to an activating group) is 1. The number of imidazole rings is 2. The quantitative estimate of drug-likeness (QED) is 0.115. The molecule has 16 nitrogen and oxygen atoms in total. The number of benzene rings is 3. The van der Waals surface area contributed by atoms with E-state index in [1.165, 1.54) is 14.2 Å². The molecule has 4 amide bonds. The topological polar surface area (TPSA) is 195 Å². The van der Waals surface area contributed by atoms with Crippen LogP contribution < -0.4 is 10.1 Å². The Labute approximate surface area is 365 Å². The van der Waals surface area contributed by atoms with E-state index in [0.717, 1.165) is 86.1 Å². The van der Waals surface area contributed by atoms with E-state index < -0.39 is 24.3 Å². The smallest absolute Gasteiger partial charge is 0.407 e. The highest BCUT2D eigenvalue weighted by Crippen LogP contribution is 2.44. The highest BCUT2D eigenvalue weighted by molar-refractivity contribution is 6.07. The Bertz CT molecular complexity index is 2580. The van der Waals surface area contributed by atoms with Crippen LogP contribution in [-0.2, 0) is 25.7 Å². The number of rotatable bonds is 9. The van der Waals surface area contributed by atoms with Gasteiger partial charge in [-0.15, -0.1) is 0 Å². The van der Waals surface area contributed by atoms with Crippen LogP contribution in [0.1, 0.15) is 95.5 Å². The van der Waals surface area contributed by atoms with Gasteiger partial charge in [-0.25, -0.2) is 19.6 Å². The minimum atomic E-state index is -1.13. The number of carbonyl (C=O) groups is 4. The number of nitrogens with one attached hydrogen (secondary N) is 3. The molecule has 9 rings (SSSR count). The van der Waals surface area contributed by atoms with E-state index in [1.807, 2.05) is 49.8 Å². The normalized spacial score (nSPS) is 22.1. The Morgan fingerprint density at radius 3 is 2.30 bits per heavy atom. The summed E-state index contributed by atoms with van der Waals surface area (Å²) >= 11 is 0. The molecule has 6 atom stereocenters. The average molecular weight is 861 g/mol. The Morgan fingerprint density at radius 2 is 1.60 bits per heavy atom. The number of nitrogens with zero attached hydrogens (tertiary/aromatic N) is 5. The summed E-state index contributed by atoms with van der Waals surface area (Å²) < 4.78 is 16.9. The summed E-state index contributed by atoms with van der Waals surface area (Å²) in [5.74, 6) is 1.56. The van der Waals surface area contributed by atoms with E-state index in [1.54, 1.807) is 0 Å². The van der Waals surface area contributed by atoms with Crippen LogP contribution in [-0.4, -0.2) is 115 Å². The summed E-state index contributed by atoms with van der Waals surface area (Å²) in [4.78, 5) is 74.4.